The van der Waals surface area contributed by atoms with Gasteiger partial charge in [-0.25, -0.2) is 0 Å². The molecular weight excluding hydrogens is 510 g/mol. The average molecular weight is 542 g/mol. The van der Waals surface area contributed by atoms with Crippen molar-refractivity contribution >= 4 is 28.9 Å². The summed E-state index contributed by atoms with van der Waals surface area (Å²) < 4.78 is 0. The van der Waals surface area contributed by atoms with Crippen molar-refractivity contribution in [2.75, 3.05) is 10.6 Å². The number of nitrogens with one attached hydrogen (secondary N) is 2. The van der Waals surface area contributed by atoms with Crippen molar-refractivity contribution in [3.63, 3.8) is 0 Å². The highest BCUT2D eigenvalue weighted by Crippen LogP contribution is 2.29. The number of para-hydroxylation sites is 2. The molecule has 4 aromatic carbocycles. The Labute approximate surface area is 232 Å². The first kappa shape index (κ1) is 29.4. The quantitative estimate of drug-likeness (QED) is 0.162. The van der Waals surface area contributed by atoms with Crippen LogP contribution in [0.4, 0.5) is 17.1 Å². The van der Waals surface area contributed by atoms with Gasteiger partial charge in [0.15, 0.2) is 0 Å². The Balaban J connectivity index is 0.000000238. The SMILES string of the molecule is Cc1cc([N+](=O)[O-])ccc1NC(=O)c1cc(C(C)(C)C)ccc1O.O=C(Nc1ccccc1)c1ccccc1O. The first-order valence-electron chi connectivity index (χ1n) is 12.4. The minimum absolute atomic E-state index is 0.0177. The molecule has 9 nitrogen and oxygen atoms in total. The van der Waals surface area contributed by atoms with Gasteiger partial charge in [0.05, 0.1) is 16.1 Å². The van der Waals surface area contributed by atoms with Gasteiger partial charge in [-0.15, -0.1) is 0 Å². The lowest BCUT2D eigenvalue weighted by atomic mass is 9.86. The molecule has 0 aliphatic heterocycles. The van der Waals surface area contributed by atoms with Gasteiger partial charge < -0.3 is 20.8 Å². The van der Waals surface area contributed by atoms with Crippen LogP contribution in [0, 0.1) is 17.0 Å². The maximum atomic E-state index is 12.5. The normalized spacial score (nSPS) is 10.6. The number of amides is 2. The van der Waals surface area contributed by atoms with Crippen LogP contribution in [0.2, 0.25) is 0 Å². The highest BCUT2D eigenvalue weighted by Gasteiger charge is 2.19. The number of benzene rings is 4. The maximum absolute atomic E-state index is 12.5. The van der Waals surface area contributed by atoms with Crippen LogP contribution in [-0.4, -0.2) is 27.0 Å². The number of nitrogens with zero attached hydrogens (tertiary/aromatic N) is 1. The first-order chi connectivity index (χ1) is 18.9. The average Bonchev–Trinajstić information content (AvgIpc) is 2.90. The largest absolute Gasteiger partial charge is 0.507 e. The molecule has 0 atom stereocenters. The zero-order chi connectivity index (χ0) is 29.4. The van der Waals surface area contributed by atoms with E-state index in [-0.39, 0.29) is 39.6 Å². The molecule has 4 rings (SSSR count). The summed E-state index contributed by atoms with van der Waals surface area (Å²) in [7, 11) is 0. The molecule has 206 valence electrons. The van der Waals surface area contributed by atoms with Crippen LogP contribution in [-0.2, 0) is 5.41 Å². The van der Waals surface area contributed by atoms with Crippen molar-refractivity contribution in [2.45, 2.75) is 33.1 Å². The minimum atomic E-state index is -0.489. The molecule has 40 heavy (non-hydrogen) atoms. The van der Waals surface area contributed by atoms with Crippen molar-refractivity contribution in [3.8, 4) is 11.5 Å². The van der Waals surface area contributed by atoms with E-state index in [1.807, 2.05) is 39.0 Å². The van der Waals surface area contributed by atoms with Gasteiger partial charge in [-0.2, -0.15) is 0 Å². The smallest absolute Gasteiger partial charge is 0.269 e. The van der Waals surface area contributed by atoms with Crippen molar-refractivity contribution in [1.29, 1.82) is 0 Å². The predicted molar refractivity (Wildman–Crippen MR) is 155 cm³/mol. The van der Waals surface area contributed by atoms with Gasteiger partial charge in [0, 0.05) is 23.5 Å². The molecule has 0 radical (unpaired) electrons. The number of phenolic OH excluding ortho intramolecular Hbond substituents is 2. The molecule has 0 saturated carbocycles. The number of hydrogen-bond donors (Lipinski definition) is 4. The van der Waals surface area contributed by atoms with Gasteiger partial charge >= 0.3 is 0 Å². The van der Waals surface area contributed by atoms with Gasteiger partial charge in [-0.1, -0.05) is 57.2 Å². The number of carbonyl (C=O) groups excluding carboxylic acids is 2. The summed E-state index contributed by atoms with van der Waals surface area (Å²) in [6.07, 6.45) is 0. The molecule has 0 unspecified atom stereocenters. The number of nitro groups is 1. The van der Waals surface area contributed by atoms with Crippen molar-refractivity contribution in [3.05, 3.63) is 123 Å². The van der Waals surface area contributed by atoms with E-state index in [2.05, 4.69) is 10.6 Å². The molecule has 0 saturated heterocycles. The predicted octanol–water partition coefficient (Wildman–Crippen LogP) is 6.80. The molecule has 0 fully saturated rings. The second kappa shape index (κ2) is 12.6. The Morgan fingerprint density at radius 3 is 1.95 bits per heavy atom. The molecule has 0 heterocycles. The number of rotatable bonds is 5. The Kier molecular flexibility index (Phi) is 9.24. The molecule has 4 N–H and O–H groups in total. The third-order valence-electron chi connectivity index (χ3n) is 5.96. The van der Waals surface area contributed by atoms with E-state index in [1.54, 1.807) is 49.4 Å². The van der Waals surface area contributed by atoms with E-state index in [4.69, 9.17) is 0 Å². The molecule has 9 heteroatoms. The molecule has 0 aromatic heterocycles. The van der Waals surface area contributed by atoms with E-state index in [9.17, 15) is 29.9 Å². The van der Waals surface area contributed by atoms with Crippen LogP contribution in [0.15, 0.2) is 91.0 Å². The molecule has 2 amide bonds. The first-order valence-corrected chi connectivity index (χ1v) is 12.4. The molecule has 0 aliphatic rings. The topological polar surface area (TPSA) is 142 Å². The number of aryl methyl sites for hydroxylation is 1. The number of non-ortho nitro benzene ring substituents is 1. The van der Waals surface area contributed by atoms with Crippen molar-refractivity contribution in [1.82, 2.24) is 0 Å². The fraction of sp³-hybridized carbons (Fsp3) is 0.161. The van der Waals surface area contributed by atoms with E-state index in [0.717, 1.165) is 5.56 Å². The number of aromatic hydroxyl groups is 2. The van der Waals surface area contributed by atoms with Crippen molar-refractivity contribution < 1.29 is 24.7 Å². The fourth-order valence-corrected chi connectivity index (χ4v) is 3.66. The highest BCUT2D eigenvalue weighted by atomic mass is 16.6. The van der Waals surface area contributed by atoms with Gasteiger partial charge in [-0.3, -0.25) is 19.7 Å². The van der Waals surface area contributed by atoms with Crippen LogP contribution >= 0.6 is 0 Å². The molecule has 4 aromatic rings. The van der Waals surface area contributed by atoms with Crippen LogP contribution in [0.1, 0.15) is 52.6 Å². The summed E-state index contributed by atoms with van der Waals surface area (Å²) in [4.78, 5) is 34.5. The van der Waals surface area contributed by atoms with Gasteiger partial charge in [0.25, 0.3) is 17.5 Å². The van der Waals surface area contributed by atoms with E-state index in [0.29, 0.717) is 16.9 Å². The summed E-state index contributed by atoms with van der Waals surface area (Å²) in [5, 5.41) is 35.6. The van der Waals surface area contributed by atoms with Crippen LogP contribution in [0.5, 0.6) is 11.5 Å². The Morgan fingerprint density at radius 1 is 0.750 bits per heavy atom. The number of anilines is 2. The molecule has 0 aliphatic carbocycles. The summed E-state index contributed by atoms with van der Waals surface area (Å²) >= 11 is 0. The van der Waals surface area contributed by atoms with Gasteiger partial charge in [0.1, 0.15) is 11.5 Å². The van der Waals surface area contributed by atoms with Crippen LogP contribution < -0.4 is 10.6 Å². The van der Waals surface area contributed by atoms with Gasteiger partial charge in [0.2, 0.25) is 0 Å². The summed E-state index contributed by atoms with van der Waals surface area (Å²) in [6, 6.07) is 24.7. The minimum Gasteiger partial charge on any atom is -0.507 e. The lowest BCUT2D eigenvalue weighted by molar-refractivity contribution is -0.384. The molecule has 0 spiro atoms. The standard InChI is InChI=1S/C18H20N2O4.C13H11NO2/c1-11-9-13(20(23)24)6-7-15(11)19-17(22)14-10-12(18(2,3)4)5-8-16(14)21;15-12-9-5-4-8-11(12)13(16)14-10-6-2-1-3-7-10/h5-10,21H,1-4H3,(H,19,22);1-9,15H,(H,14,16). The van der Waals surface area contributed by atoms with E-state index in [1.165, 1.54) is 30.3 Å². The number of phenols is 2. The number of hydrogen-bond acceptors (Lipinski definition) is 6. The molecular formula is C31H31N3O6. The van der Waals surface area contributed by atoms with Gasteiger partial charge in [-0.05, 0) is 65.9 Å². The maximum Gasteiger partial charge on any atom is 0.269 e. The van der Waals surface area contributed by atoms with Crippen LogP contribution in [0.25, 0.3) is 0 Å². The zero-order valence-corrected chi connectivity index (χ0v) is 22.6. The van der Waals surface area contributed by atoms with Crippen molar-refractivity contribution in [2.24, 2.45) is 0 Å². The van der Waals surface area contributed by atoms with E-state index >= 15 is 0 Å². The highest BCUT2D eigenvalue weighted by molar-refractivity contribution is 6.07. The fourth-order valence-electron chi connectivity index (χ4n) is 3.66. The summed E-state index contributed by atoms with van der Waals surface area (Å²) in [5.41, 5.74) is 2.90. The second-order valence-corrected chi connectivity index (χ2v) is 10.0. The summed E-state index contributed by atoms with van der Waals surface area (Å²) in [6.45, 7) is 7.72. The molecule has 0 bridgehead atoms. The summed E-state index contributed by atoms with van der Waals surface area (Å²) in [5.74, 6) is -0.907. The monoisotopic (exact) mass is 541 g/mol. The number of nitro benzene ring substituents is 1. The van der Waals surface area contributed by atoms with E-state index < -0.39 is 10.8 Å². The van der Waals surface area contributed by atoms with Crippen LogP contribution in [0.3, 0.4) is 0 Å². The third kappa shape index (κ3) is 7.67. The Morgan fingerprint density at radius 2 is 1.35 bits per heavy atom. The lowest BCUT2D eigenvalue weighted by Gasteiger charge is -2.20. The number of carbonyl (C=O) groups is 2. The Bertz CT molecular complexity index is 1530. The second-order valence-electron chi connectivity index (χ2n) is 10.0. The zero-order valence-electron chi connectivity index (χ0n) is 22.6. The lowest BCUT2D eigenvalue weighted by Crippen LogP contribution is -2.16. The third-order valence-corrected chi connectivity index (χ3v) is 5.96. The Hall–Kier alpha value is -5.18.